The van der Waals surface area contributed by atoms with E-state index in [-0.39, 0.29) is 17.9 Å². The molecule has 1 aliphatic rings. The molecule has 0 bridgehead atoms. The Morgan fingerprint density at radius 3 is 2.57 bits per heavy atom. The molecule has 0 atom stereocenters. The maximum atomic E-state index is 12.3. The topological polar surface area (TPSA) is 49.4 Å². The third-order valence-electron chi connectivity index (χ3n) is 3.88. The molecule has 126 valence electrons. The zero-order valence-electron chi connectivity index (χ0n) is 12.7. The van der Waals surface area contributed by atoms with E-state index < -0.39 is 0 Å². The fraction of sp³-hybridized carbons (Fsp3) is 0.500. The molecule has 2 amide bonds. The molecule has 1 aliphatic heterocycles. The van der Waals surface area contributed by atoms with Crippen molar-refractivity contribution in [1.82, 2.24) is 10.2 Å². The smallest absolute Gasteiger partial charge is 0.253 e. The number of hydrogen-bond acceptors (Lipinski definition) is 2. The van der Waals surface area contributed by atoms with Crippen molar-refractivity contribution in [1.29, 1.82) is 0 Å². The third-order valence-corrected chi connectivity index (χ3v) is 4.71. The van der Waals surface area contributed by atoms with Crippen LogP contribution < -0.4 is 5.32 Å². The molecule has 1 saturated heterocycles. The number of nitrogens with one attached hydrogen (secondary N) is 1. The molecule has 1 fully saturated rings. The fourth-order valence-electron chi connectivity index (χ4n) is 2.58. The minimum Gasteiger partial charge on any atom is -0.349 e. The van der Waals surface area contributed by atoms with Gasteiger partial charge in [-0.1, -0.05) is 23.2 Å². The number of piperidine rings is 1. The molecule has 23 heavy (non-hydrogen) atoms. The van der Waals surface area contributed by atoms with E-state index in [0.717, 1.165) is 12.8 Å². The number of alkyl halides is 1. The highest BCUT2D eigenvalue weighted by molar-refractivity contribution is 6.35. The van der Waals surface area contributed by atoms with Crippen LogP contribution in [0.2, 0.25) is 10.0 Å². The highest BCUT2D eigenvalue weighted by Crippen LogP contribution is 2.21. The van der Waals surface area contributed by atoms with Gasteiger partial charge in [0.2, 0.25) is 5.91 Å². The van der Waals surface area contributed by atoms with Crippen LogP contribution in [0.4, 0.5) is 0 Å². The van der Waals surface area contributed by atoms with Crippen molar-refractivity contribution in [3.05, 3.63) is 33.8 Å². The van der Waals surface area contributed by atoms with Gasteiger partial charge in [0.15, 0.2) is 0 Å². The van der Waals surface area contributed by atoms with Gasteiger partial charge in [-0.3, -0.25) is 9.59 Å². The minimum atomic E-state index is -0.232. The van der Waals surface area contributed by atoms with E-state index in [1.54, 1.807) is 18.2 Å². The molecule has 7 heteroatoms. The van der Waals surface area contributed by atoms with Crippen LogP contribution in [0.3, 0.4) is 0 Å². The molecule has 2 rings (SSSR count). The second-order valence-corrected chi connectivity index (χ2v) is 6.77. The Kier molecular flexibility index (Phi) is 7.00. The lowest BCUT2D eigenvalue weighted by molar-refractivity contribution is -0.132. The third kappa shape index (κ3) is 5.27. The van der Waals surface area contributed by atoms with Crippen molar-refractivity contribution in [3.63, 3.8) is 0 Å². The van der Waals surface area contributed by atoms with Gasteiger partial charge in [-0.05, 0) is 37.5 Å². The van der Waals surface area contributed by atoms with Crippen LogP contribution in [0.25, 0.3) is 0 Å². The van der Waals surface area contributed by atoms with Gasteiger partial charge in [-0.2, -0.15) is 0 Å². The van der Waals surface area contributed by atoms with Crippen LogP contribution in [0.1, 0.15) is 36.0 Å². The standard InChI is InChI=1S/C16H19Cl3N2O2/c17-7-1-2-15(22)21-8-5-12(6-9-21)20-16(23)13-10-11(18)3-4-14(13)19/h3-4,10,12H,1-2,5-9H2,(H,20,23). The molecule has 1 heterocycles. The molecule has 0 unspecified atom stereocenters. The Balaban J connectivity index is 1.85. The van der Waals surface area contributed by atoms with Crippen molar-refractivity contribution < 1.29 is 9.59 Å². The molecule has 4 nitrogen and oxygen atoms in total. The second-order valence-electron chi connectivity index (χ2n) is 5.55. The van der Waals surface area contributed by atoms with Crippen LogP contribution in [0.5, 0.6) is 0 Å². The molecular formula is C16H19Cl3N2O2. The second kappa shape index (κ2) is 8.76. The van der Waals surface area contributed by atoms with E-state index in [9.17, 15) is 9.59 Å². The van der Waals surface area contributed by atoms with Crippen LogP contribution >= 0.6 is 34.8 Å². The number of carbonyl (C=O) groups excluding carboxylic acids is 2. The van der Waals surface area contributed by atoms with Crippen molar-refractivity contribution in [2.75, 3.05) is 19.0 Å². The summed E-state index contributed by atoms with van der Waals surface area (Å²) in [6.45, 7) is 1.30. The van der Waals surface area contributed by atoms with Crippen LogP contribution in [0, 0.1) is 0 Å². The first-order valence-corrected chi connectivity index (χ1v) is 8.90. The average molecular weight is 378 g/mol. The summed E-state index contributed by atoms with van der Waals surface area (Å²) in [6.07, 6.45) is 2.65. The number of hydrogen-bond donors (Lipinski definition) is 1. The van der Waals surface area contributed by atoms with Gasteiger partial charge in [0.1, 0.15) is 0 Å². The lowest BCUT2D eigenvalue weighted by Gasteiger charge is -2.32. The number of amides is 2. The Bertz CT molecular complexity index is 572. The summed E-state index contributed by atoms with van der Waals surface area (Å²) >= 11 is 17.6. The number of halogens is 3. The summed E-state index contributed by atoms with van der Waals surface area (Å²) in [5, 5.41) is 3.81. The molecule has 0 radical (unpaired) electrons. The lowest BCUT2D eigenvalue weighted by Crippen LogP contribution is -2.46. The normalized spacial score (nSPS) is 15.5. The number of benzene rings is 1. The van der Waals surface area contributed by atoms with E-state index in [2.05, 4.69) is 5.32 Å². The highest BCUT2D eigenvalue weighted by atomic mass is 35.5. The zero-order chi connectivity index (χ0) is 16.8. The molecule has 1 aromatic rings. The zero-order valence-corrected chi connectivity index (χ0v) is 14.9. The number of likely N-dealkylation sites (tertiary alicyclic amines) is 1. The van der Waals surface area contributed by atoms with Gasteiger partial charge in [-0.25, -0.2) is 0 Å². The molecule has 0 saturated carbocycles. The summed E-state index contributed by atoms with van der Waals surface area (Å²) in [5.74, 6) is 0.399. The number of rotatable bonds is 5. The van der Waals surface area contributed by atoms with E-state index in [4.69, 9.17) is 34.8 Å². The van der Waals surface area contributed by atoms with Gasteiger partial charge in [0, 0.05) is 36.5 Å². The minimum absolute atomic E-state index is 0.0367. The quantitative estimate of drug-likeness (QED) is 0.795. The summed E-state index contributed by atoms with van der Waals surface area (Å²) in [7, 11) is 0. The highest BCUT2D eigenvalue weighted by Gasteiger charge is 2.24. The number of carbonyl (C=O) groups is 2. The first-order valence-electron chi connectivity index (χ1n) is 7.61. The maximum Gasteiger partial charge on any atom is 0.253 e. The summed E-state index contributed by atoms with van der Waals surface area (Å²) in [4.78, 5) is 26.1. The van der Waals surface area contributed by atoms with E-state index >= 15 is 0 Å². The van der Waals surface area contributed by atoms with Crippen LogP contribution in [0.15, 0.2) is 18.2 Å². The first-order chi connectivity index (χ1) is 11.0. The van der Waals surface area contributed by atoms with Gasteiger partial charge in [-0.15, -0.1) is 11.6 Å². The average Bonchev–Trinajstić information content (AvgIpc) is 2.55. The van der Waals surface area contributed by atoms with Gasteiger partial charge >= 0.3 is 0 Å². The summed E-state index contributed by atoms with van der Waals surface area (Å²) < 4.78 is 0. The van der Waals surface area contributed by atoms with Crippen molar-refractivity contribution >= 4 is 46.6 Å². The Hall–Kier alpha value is -0.970. The Morgan fingerprint density at radius 2 is 1.91 bits per heavy atom. The molecule has 1 aromatic carbocycles. The van der Waals surface area contributed by atoms with Gasteiger partial charge in [0.25, 0.3) is 5.91 Å². The SMILES string of the molecule is O=C(NC1CCN(C(=O)CCCCl)CC1)c1cc(Cl)ccc1Cl. The van der Waals surface area contributed by atoms with Gasteiger partial charge in [0.05, 0.1) is 10.6 Å². The predicted molar refractivity (Wildman–Crippen MR) is 93.5 cm³/mol. The van der Waals surface area contributed by atoms with Crippen molar-refractivity contribution in [2.24, 2.45) is 0 Å². The van der Waals surface area contributed by atoms with Gasteiger partial charge < -0.3 is 10.2 Å². The molecule has 1 N–H and O–H groups in total. The van der Waals surface area contributed by atoms with Crippen molar-refractivity contribution in [3.8, 4) is 0 Å². The fourth-order valence-corrected chi connectivity index (χ4v) is 3.09. The van der Waals surface area contributed by atoms with E-state index in [0.29, 0.717) is 47.4 Å². The summed E-state index contributed by atoms with van der Waals surface area (Å²) in [6, 6.07) is 4.85. The lowest BCUT2D eigenvalue weighted by atomic mass is 10.0. The van der Waals surface area contributed by atoms with Crippen LogP contribution in [-0.4, -0.2) is 41.7 Å². The van der Waals surface area contributed by atoms with E-state index in [1.165, 1.54) is 0 Å². The monoisotopic (exact) mass is 376 g/mol. The maximum absolute atomic E-state index is 12.3. The largest absolute Gasteiger partial charge is 0.349 e. The predicted octanol–water partition coefficient (Wildman–Crippen LogP) is 3.73. The molecule has 0 aromatic heterocycles. The summed E-state index contributed by atoms with van der Waals surface area (Å²) in [5.41, 5.74) is 0.375. The molecule has 0 aliphatic carbocycles. The Morgan fingerprint density at radius 1 is 1.22 bits per heavy atom. The Labute approximate surface area is 151 Å². The molecule has 0 spiro atoms. The van der Waals surface area contributed by atoms with Crippen molar-refractivity contribution in [2.45, 2.75) is 31.7 Å². The van der Waals surface area contributed by atoms with E-state index in [1.807, 2.05) is 4.90 Å². The first kappa shape index (κ1) is 18.4. The molecular weight excluding hydrogens is 359 g/mol. The number of nitrogens with zero attached hydrogens (tertiary/aromatic N) is 1. The van der Waals surface area contributed by atoms with Crippen LogP contribution in [-0.2, 0) is 4.79 Å².